The Balaban J connectivity index is 0.00000196. The number of aliphatic hydroxyl groups is 1. The molecule has 0 aromatic heterocycles. The van der Waals surface area contributed by atoms with Gasteiger partial charge in [0.1, 0.15) is 5.75 Å². The molecule has 0 bridgehead atoms. The first kappa shape index (κ1) is 14.5. The number of aliphatic hydroxyl groups excluding tert-OH is 1. The highest BCUT2D eigenvalue weighted by Gasteiger charge is 2.12. The predicted molar refractivity (Wildman–Crippen MR) is 63.6 cm³/mol. The lowest BCUT2D eigenvalue weighted by molar-refractivity contribution is 0.279. The Hall–Kier alpha value is -0.480. The monoisotopic (exact) mass is 251 g/mol. The van der Waals surface area contributed by atoms with Gasteiger partial charge in [-0.15, -0.1) is 12.4 Å². The SMILES string of the molecule is Cl.N[C@@H](CCCO)c1cccc(Cl)c1O. The smallest absolute Gasteiger partial charge is 0.138 e. The Labute approximate surface area is 100 Å². The van der Waals surface area contributed by atoms with Crippen LogP contribution >= 0.6 is 24.0 Å². The van der Waals surface area contributed by atoms with Crippen molar-refractivity contribution < 1.29 is 10.2 Å². The van der Waals surface area contributed by atoms with Crippen LogP contribution in [0.25, 0.3) is 0 Å². The Kier molecular flexibility index (Phi) is 6.68. The van der Waals surface area contributed by atoms with Gasteiger partial charge in [0, 0.05) is 18.2 Å². The van der Waals surface area contributed by atoms with E-state index in [0.717, 1.165) is 0 Å². The third-order valence-electron chi connectivity index (χ3n) is 2.09. The van der Waals surface area contributed by atoms with E-state index in [9.17, 15) is 5.11 Å². The molecule has 0 amide bonds. The van der Waals surface area contributed by atoms with Crippen LogP contribution < -0.4 is 5.73 Å². The zero-order chi connectivity index (χ0) is 10.6. The van der Waals surface area contributed by atoms with E-state index in [-0.39, 0.29) is 30.8 Å². The van der Waals surface area contributed by atoms with Crippen LogP contribution in [0.3, 0.4) is 0 Å². The zero-order valence-electron chi connectivity index (χ0n) is 8.19. The third kappa shape index (κ3) is 3.87. The fraction of sp³-hybridized carbons (Fsp3) is 0.400. The van der Waals surface area contributed by atoms with Gasteiger partial charge in [-0.2, -0.15) is 0 Å². The Bertz CT molecular complexity index is 307. The first-order valence-electron chi connectivity index (χ1n) is 4.50. The number of para-hydroxylation sites is 1. The highest BCUT2D eigenvalue weighted by atomic mass is 35.5. The van der Waals surface area contributed by atoms with E-state index in [0.29, 0.717) is 23.4 Å². The Morgan fingerprint density at radius 1 is 1.40 bits per heavy atom. The first-order valence-corrected chi connectivity index (χ1v) is 4.88. The first-order chi connectivity index (χ1) is 6.66. The van der Waals surface area contributed by atoms with Crippen molar-refractivity contribution in [2.45, 2.75) is 18.9 Å². The minimum absolute atomic E-state index is 0. The molecule has 0 unspecified atom stereocenters. The van der Waals surface area contributed by atoms with E-state index < -0.39 is 0 Å². The quantitative estimate of drug-likeness (QED) is 0.769. The number of halogens is 2. The van der Waals surface area contributed by atoms with E-state index in [1.54, 1.807) is 18.2 Å². The molecule has 0 fully saturated rings. The lowest BCUT2D eigenvalue weighted by Crippen LogP contribution is -2.11. The van der Waals surface area contributed by atoms with Crippen LogP contribution in [-0.2, 0) is 0 Å². The van der Waals surface area contributed by atoms with E-state index >= 15 is 0 Å². The maximum atomic E-state index is 9.59. The van der Waals surface area contributed by atoms with Crippen molar-refractivity contribution in [2.24, 2.45) is 5.73 Å². The van der Waals surface area contributed by atoms with E-state index in [1.165, 1.54) is 0 Å². The Morgan fingerprint density at radius 3 is 2.67 bits per heavy atom. The summed E-state index contributed by atoms with van der Waals surface area (Å²) in [5.74, 6) is 0.0413. The number of phenols is 1. The standard InChI is InChI=1S/C10H14ClNO2.ClH/c11-8-4-1-3-7(10(8)14)9(12)5-2-6-13;/h1,3-4,9,13-14H,2,5-6,12H2;1H/t9-;/m0./s1. The molecule has 1 rings (SSSR count). The van der Waals surface area contributed by atoms with Crippen molar-refractivity contribution in [1.82, 2.24) is 0 Å². The molecule has 0 aliphatic carbocycles. The molecule has 0 heterocycles. The van der Waals surface area contributed by atoms with Gasteiger partial charge in [0.25, 0.3) is 0 Å². The molecular weight excluding hydrogens is 237 g/mol. The number of hydrogen-bond donors (Lipinski definition) is 3. The number of aromatic hydroxyl groups is 1. The fourth-order valence-electron chi connectivity index (χ4n) is 1.30. The van der Waals surface area contributed by atoms with Crippen molar-refractivity contribution >= 4 is 24.0 Å². The minimum atomic E-state index is -0.277. The molecule has 15 heavy (non-hydrogen) atoms. The molecule has 1 aromatic rings. The van der Waals surface area contributed by atoms with Crippen LogP contribution in [0.15, 0.2) is 18.2 Å². The number of benzene rings is 1. The second kappa shape index (κ2) is 6.90. The van der Waals surface area contributed by atoms with Crippen LogP contribution in [-0.4, -0.2) is 16.8 Å². The number of nitrogens with two attached hydrogens (primary N) is 1. The van der Waals surface area contributed by atoms with Crippen LogP contribution in [0.5, 0.6) is 5.75 Å². The summed E-state index contributed by atoms with van der Waals surface area (Å²) in [4.78, 5) is 0. The molecule has 0 radical (unpaired) electrons. The topological polar surface area (TPSA) is 66.5 Å². The average Bonchev–Trinajstić information content (AvgIpc) is 2.18. The van der Waals surface area contributed by atoms with E-state index in [2.05, 4.69) is 0 Å². The van der Waals surface area contributed by atoms with Gasteiger partial charge in [-0.1, -0.05) is 23.7 Å². The summed E-state index contributed by atoms with van der Waals surface area (Å²) < 4.78 is 0. The number of phenolic OH excluding ortho intramolecular Hbond substituents is 1. The summed E-state index contributed by atoms with van der Waals surface area (Å²) in [6, 6.07) is 4.82. The molecule has 5 heteroatoms. The second-order valence-electron chi connectivity index (χ2n) is 3.15. The molecule has 1 atom stereocenters. The van der Waals surface area contributed by atoms with Crippen LogP contribution in [0.1, 0.15) is 24.4 Å². The van der Waals surface area contributed by atoms with E-state index in [4.69, 9.17) is 22.4 Å². The van der Waals surface area contributed by atoms with Gasteiger partial charge in [0.2, 0.25) is 0 Å². The summed E-state index contributed by atoms with van der Waals surface area (Å²) in [6.07, 6.45) is 1.25. The van der Waals surface area contributed by atoms with Crippen LogP contribution in [0.4, 0.5) is 0 Å². The molecule has 1 aromatic carbocycles. The molecule has 4 N–H and O–H groups in total. The summed E-state index contributed by atoms with van der Waals surface area (Å²) in [5.41, 5.74) is 6.45. The zero-order valence-corrected chi connectivity index (χ0v) is 9.76. The molecule has 86 valence electrons. The van der Waals surface area contributed by atoms with Gasteiger partial charge >= 0.3 is 0 Å². The van der Waals surface area contributed by atoms with Crippen molar-refractivity contribution in [3.05, 3.63) is 28.8 Å². The number of hydrogen-bond acceptors (Lipinski definition) is 3. The third-order valence-corrected chi connectivity index (χ3v) is 2.40. The number of rotatable bonds is 4. The van der Waals surface area contributed by atoms with Crippen molar-refractivity contribution in [2.75, 3.05) is 6.61 Å². The van der Waals surface area contributed by atoms with Crippen molar-refractivity contribution in [3.8, 4) is 5.75 Å². The summed E-state index contributed by atoms with van der Waals surface area (Å²) >= 11 is 5.74. The lowest BCUT2D eigenvalue weighted by Gasteiger charge is -2.13. The van der Waals surface area contributed by atoms with Crippen LogP contribution in [0, 0.1) is 0 Å². The van der Waals surface area contributed by atoms with Gasteiger partial charge in [0.15, 0.2) is 0 Å². The summed E-state index contributed by atoms with van der Waals surface area (Å²) in [6.45, 7) is 0.106. The maximum absolute atomic E-state index is 9.59. The fourth-order valence-corrected chi connectivity index (χ4v) is 1.48. The molecule has 0 saturated heterocycles. The maximum Gasteiger partial charge on any atom is 0.138 e. The highest BCUT2D eigenvalue weighted by molar-refractivity contribution is 6.32. The predicted octanol–water partition coefficient (Wildman–Crippen LogP) is 2.24. The van der Waals surface area contributed by atoms with Gasteiger partial charge in [-0.05, 0) is 18.9 Å². The molecule has 3 nitrogen and oxygen atoms in total. The van der Waals surface area contributed by atoms with E-state index in [1.807, 2.05) is 0 Å². The normalized spacial score (nSPS) is 11.9. The summed E-state index contributed by atoms with van der Waals surface area (Å²) in [5, 5.41) is 18.5. The van der Waals surface area contributed by atoms with Gasteiger partial charge in [-0.3, -0.25) is 0 Å². The molecular formula is C10H15Cl2NO2. The highest BCUT2D eigenvalue weighted by Crippen LogP contribution is 2.31. The largest absolute Gasteiger partial charge is 0.506 e. The molecule has 0 spiro atoms. The second-order valence-corrected chi connectivity index (χ2v) is 3.56. The van der Waals surface area contributed by atoms with Crippen molar-refractivity contribution in [1.29, 1.82) is 0 Å². The van der Waals surface area contributed by atoms with Gasteiger partial charge in [-0.25, -0.2) is 0 Å². The van der Waals surface area contributed by atoms with Gasteiger partial charge < -0.3 is 15.9 Å². The van der Waals surface area contributed by atoms with Gasteiger partial charge in [0.05, 0.1) is 5.02 Å². The van der Waals surface area contributed by atoms with Crippen molar-refractivity contribution in [3.63, 3.8) is 0 Å². The minimum Gasteiger partial charge on any atom is -0.506 e. The Morgan fingerprint density at radius 2 is 2.07 bits per heavy atom. The average molecular weight is 252 g/mol. The molecule has 0 aliphatic heterocycles. The molecule has 0 saturated carbocycles. The molecule has 0 aliphatic rings. The summed E-state index contributed by atoms with van der Waals surface area (Å²) in [7, 11) is 0. The van der Waals surface area contributed by atoms with Crippen LogP contribution in [0.2, 0.25) is 5.02 Å². The lowest BCUT2D eigenvalue weighted by atomic mass is 10.0.